The molecule has 1 fully saturated rings. The number of nitrogens with one attached hydrogen (secondary N) is 1. The Balaban J connectivity index is 1.64. The first kappa shape index (κ1) is 14.8. The number of aromatic nitrogens is 2. The number of nitrogens with zero attached hydrogens (tertiary/aromatic N) is 2. The van der Waals surface area contributed by atoms with E-state index >= 15 is 0 Å². The number of ether oxygens (including phenoxy) is 1. The van der Waals surface area contributed by atoms with Crippen molar-refractivity contribution in [3.05, 3.63) is 28.2 Å². The predicted octanol–water partition coefficient (Wildman–Crippen LogP) is 3.55. The Morgan fingerprint density at radius 2 is 2.24 bits per heavy atom. The second kappa shape index (κ2) is 6.73. The monoisotopic (exact) mass is 323 g/mol. The van der Waals surface area contributed by atoms with Gasteiger partial charge in [0.2, 0.25) is 0 Å². The lowest BCUT2D eigenvalue weighted by molar-refractivity contribution is 0.416. The van der Waals surface area contributed by atoms with Crippen LogP contribution in [-0.2, 0) is 6.42 Å². The molecule has 0 atom stereocenters. The van der Waals surface area contributed by atoms with Crippen molar-refractivity contribution in [2.45, 2.75) is 31.7 Å². The first-order valence-electron chi connectivity index (χ1n) is 7.16. The smallest absolute Gasteiger partial charge is 0.151 e. The number of aryl methyl sites for hydroxylation is 1. The largest absolute Gasteiger partial charge is 0.496 e. The van der Waals surface area contributed by atoms with Gasteiger partial charge in [-0.05, 0) is 44.0 Å². The van der Waals surface area contributed by atoms with E-state index in [0.717, 1.165) is 46.8 Å². The summed E-state index contributed by atoms with van der Waals surface area (Å²) >= 11 is 7.67. The van der Waals surface area contributed by atoms with Crippen LogP contribution in [0.15, 0.2) is 18.2 Å². The molecule has 1 N–H and O–H groups in total. The minimum absolute atomic E-state index is 0.677. The third-order valence-electron chi connectivity index (χ3n) is 3.44. The normalized spacial score (nSPS) is 14.4. The maximum Gasteiger partial charge on any atom is 0.151 e. The van der Waals surface area contributed by atoms with Crippen LogP contribution in [0.2, 0.25) is 5.02 Å². The van der Waals surface area contributed by atoms with Gasteiger partial charge in [0.25, 0.3) is 0 Å². The van der Waals surface area contributed by atoms with Crippen molar-refractivity contribution in [2.75, 3.05) is 13.7 Å². The molecule has 1 aromatic heterocycles. The van der Waals surface area contributed by atoms with E-state index in [1.165, 1.54) is 12.8 Å². The summed E-state index contributed by atoms with van der Waals surface area (Å²) in [6, 6.07) is 6.32. The van der Waals surface area contributed by atoms with Gasteiger partial charge in [0, 0.05) is 17.5 Å². The first-order chi connectivity index (χ1) is 10.3. The highest BCUT2D eigenvalue weighted by Crippen LogP contribution is 2.34. The molecule has 0 amide bonds. The lowest BCUT2D eigenvalue weighted by Gasteiger charge is -2.05. The summed E-state index contributed by atoms with van der Waals surface area (Å²) in [5, 5.41) is 14.7. The number of halogens is 1. The molecular weight excluding hydrogens is 306 g/mol. The maximum absolute atomic E-state index is 6.06. The SMILES string of the molecule is COc1ccc(Cl)cc1-c1nnc(CCCNC2CC2)s1. The number of hydrogen-bond acceptors (Lipinski definition) is 5. The Kier molecular flexibility index (Phi) is 4.73. The first-order valence-corrected chi connectivity index (χ1v) is 8.35. The molecule has 0 radical (unpaired) electrons. The lowest BCUT2D eigenvalue weighted by atomic mass is 10.2. The number of benzene rings is 1. The van der Waals surface area contributed by atoms with Gasteiger partial charge < -0.3 is 10.1 Å². The second-order valence-corrected chi connectivity index (χ2v) is 6.68. The van der Waals surface area contributed by atoms with Gasteiger partial charge in [-0.25, -0.2) is 0 Å². The molecule has 21 heavy (non-hydrogen) atoms. The van der Waals surface area contributed by atoms with Crippen LogP contribution < -0.4 is 10.1 Å². The Bertz CT molecular complexity index is 613. The molecule has 3 rings (SSSR count). The Morgan fingerprint density at radius 3 is 3.00 bits per heavy atom. The van der Waals surface area contributed by atoms with Gasteiger partial charge in [0.05, 0.1) is 12.7 Å². The zero-order valence-corrected chi connectivity index (χ0v) is 13.5. The minimum atomic E-state index is 0.677. The molecule has 0 aliphatic heterocycles. The van der Waals surface area contributed by atoms with Crippen LogP contribution in [0.5, 0.6) is 5.75 Å². The van der Waals surface area contributed by atoms with Crippen molar-refractivity contribution >= 4 is 22.9 Å². The highest BCUT2D eigenvalue weighted by molar-refractivity contribution is 7.14. The molecule has 0 bridgehead atoms. The third kappa shape index (κ3) is 3.93. The fourth-order valence-electron chi connectivity index (χ4n) is 2.14. The fourth-order valence-corrected chi connectivity index (χ4v) is 3.22. The van der Waals surface area contributed by atoms with Crippen LogP contribution >= 0.6 is 22.9 Å². The Hall–Kier alpha value is -1.17. The van der Waals surface area contributed by atoms with Crippen molar-refractivity contribution in [1.82, 2.24) is 15.5 Å². The molecule has 1 saturated carbocycles. The topological polar surface area (TPSA) is 47.0 Å². The van der Waals surface area contributed by atoms with Gasteiger partial charge >= 0.3 is 0 Å². The van der Waals surface area contributed by atoms with Gasteiger partial charge in [-0.1, -0.05) is 22.9 Å². The van der Waals surface area contributed by atoms with Crippen LogP contribution in [0.1, 0.15) is 24.3 Å². The van der Waals surface area contributed by atoms with Gasteiger partial charge in [-0.15, -0.1) is 10.2 Å². The van der Waals surface area contributed by atoms with Crippen LogP contribution in [0.25, 0.3) is 10.6 Å². The molecule has 6 heteroatoms. The highest BCUT2D eigenvalue weighted by Gasteiger charge is 2.19. The molecule has 2 aromatic rings. The average molecular weight is 324 g/mol. The van der Waals surface area contributed by atoms with E-state index in [1.807, 2.05) is 18.2 Å². The third-order valence-corrected chi connectivity index (χ3v) is 4.69. The van der Waals surface area contributed by atoms with E-state index in [9.17, 15) is 0 Å². The zero-order chi connectivity index (χ0) is 14.7. The van der Waals surface area contributed by atoms with Crippen LogP contribution in [0.3, 0.4) is 0 Å². The Labute approximate surface area is 133 Å². The van der Waals surface area contributed by atoms with Crippen LogP contribution in [-0.4, -0.2) is 29.9 Å². The molecule has 0 saturated heterocycles. The van der Waals surface area contributed by atoms with Gasteiger partial charge in [0.15, 0.2) is 5.01 Å². The molecule has 1 aromatic carbocycles. The summed E-state index contributed by atoms with van der Waals surface area (Å²) < 4.78 is 5.37. The maximum atomic E-state index is 6.06. The molecule has 1 heterocycles. The molecular formula is C15H18ClN3OS. The molecule has 112 valence electrons. The summed E-state index contributed by atoms with van der Waals surface area (Å²) in [4.78, 5) is 0. The predicted molar refractivity (Wildman–Crippen MR) is 86.3 cm³/mol. The fraction of sp³-hybridized carbons (Fsp3) is 0.467. The zero-order valence-electron chi connectivity index (χ0n) is 11.9. The second-order valence-electron chi connectivity index (χ2n) is 5.18. The lowest BCUT2D eigenvalue weighted by Crippen LogP contribution is -2.17. The van der Waals surface area contributed by atoms with E-state index < -0.39 is 0 Å². The van der Waals surface area contributed by atoms with E-state index in [1.54, 1.807) is 18.4 Å². The number of hydrogen-bond donors (Lipinski definition) is 1. The summed E-state index contributed by atoms with van der Waals surface area (Å²) in [7, 11) is 1.65. The van der Waals surface area contributed by atoms with Crippen molar-refractivity contribution in [1.29, 1.82) is 0 Å². The van der Waals surface area contributed by atoms with Crippen LogP contribution in [0.4, 0.5) is 0 Å². The van der Waals surface area contributed by atoms with Crippen molar-refractivity contribution in [2.24, 2.45) is 0 Å². The molecule has 1 aliphatic rings. The molecule has 4 nitrogen and oxygen atoms in total. The van der Waals surface area contributed by atoms with Crippen LogP contribution in [0, 0.1) is 0 Å². The summed E-state index contributed by atoms with van der Waals surface area (Å²) in [6.07, 6.45) is 4.72. The van der Waals surface area contributed by atoms with Crippen molar-refractivity contribution in [3.63, 3.8) is 0 Å². The standard InChI is InChI=1S/C15H18ClN3OS/c1-20-13-7-4-10(16)9-12(13)15-19-18-14(21-15)3-2-8-17-11-5-6-11/h4,7,9,11,17H,2-3,5-6,8H2,1H3. The molecule has 0 spiro atoms. The summed E-state index contributed by atoms with van der Waals surface area (Å²) in [5.41, 5.74) is 0.907. The molecule has 1 aliphatic carbocycles. The van der Waals surface area contributed by atoms with E-state index in [2.05, 4.69) is 15.5 Å². The molecule has 0 unspecified atom stereocenters. The van der Waals surface area contributed by atoms with E-state index in [-0.39, 0.29) is 0 Å². The van der Waals surface area contributed by atoms with E-state index in [4.69, 9.17) is 16.3 Å². The minimum Gasteiger partial charge on any atom is -0.496 e. The van der Waals surface area contributed by atoms with Gasteiger partial charge in [-0.3, -0.25) is 0 Å². The highest BCUT2D eigenvalue weighted by atomic mass is 35.5. The quantitative estimate of drug-likeness (QED) is 0.792. The summed E-state index contributed by atoms with van der Waals surface area (Å²) in [5.74, 6) is 0.775. The summed E-state index contributed by atoms with van der Waals surface area (Å²) in [6.45, 7) is 1.06. The van der Waals surface area contributed by atoms with E-state index in [0.29, 0.717) is 5.02 Å². The van der Waals surface area contributed by atoms with Crippen molar-refractivity contribution in [3.8, 4) is 16.3 Å². The average Bonchev–Trinajstić information content (AvgIpc) is 3.20. The number of rotatable bonds is 7. The Morgan fingerprint density at radius 1 is 1.38 bits per heavy atom. The number of methoxy groups -OCH3 is 1. The van der Waals surface area contributed by atoms with Gasteiger partial charge in [0.1, 0.15) is 10.8 Å². The van der Waals surface area contributed by atoms with Gasteiger partial charge in [-0.2, -0.15) is 0 Å². The van der Waals surface area contributed by atoms with Crippen molar-refractivity contribution < 1.29 is 4.74 Å².